The summed E-state index contributed by atoms with van der Waals surface area (Å²) in [6.07, 6.45) is 1.56. The Kier molecular flexibility index (Phi) is 1.92. The molecular weight excluding hydrogens is 182 g/mol. The molecule has 2 heterocycles. The standard InChI is InChI=1S/C9H9N3O2/c1-5-11-6-3-4-10-9(14-2)7(6)8(13)12-5/h3-4H,1-2H3,(H,11,12,13). The van der Waals surface area contributed by atoms with E-state index in [0.29, 0.717) is 22.6 Å². The van der Waals surface area contributed by atoms with Crippen LogP contribution in [0.2, 0.25) is 0 Å². The van der Waals surface area contributed by atoms with Gasteiger partial charge in [-0.1, -0.05) is 0 Å². The molecule has 0 amide bonds. The second-order valence-corrected chi connectivity index (χ2v) is 2.87. The van der Waals surface area contributed by atoms with Crippen LogP contribution in [0.25, 0.3) is 10.9 Å². The first-order chi connectivity index (χ1) is 6.72. The van der Waals surface area contributed by atoms with Crippen molar-refractivity contribution in [3.63, 3.8) is 0 Å². The zero-order valence-corrected chi connectivity index (χ0v) is 7.87. The molecule has 0 aliphatic heterocycles. The van der Waals surface area contributed by atoms with E-state index in [9.17, 15) is 4.79 Å². The summed E-state index contributed by atoms with van der Waals surface area (Å²) in [6.45, 7) is 1.73. The van der Waals surface area contributed by atoms with E-state index in [-0.39, 0.29) is 5.56 Å². The maximum atomic E-state index is 11.6. The largest absolute Gasteiger partial charge is 0.480 e. The van der Waals surface area contributed by atoms with Gasteiger partial charge in [-0.2, -0.15) is 0 Å². The smallest absolute Gasteiger partial charge is 0.264 e. The van der Waals surface area contributed by atoms with Crippen LogP contribution in [0, 0.1) is 6.92 Å². The van der Waals surface area contributed by atoms with E-state index in [0.717, 1.165) is 0 Å². The molecule has 0 atom stereocenters. The van der Waals surface area contributed by atoms with Gasteiger partial charge in [0.1, 0.15) is 11.2 Å². The topological polar surface area (TPSA) is 67.9 Å². The summed E-state index contributed by atoms with van der Waals surface area (Å²) >= 11 is 0. The lowest BCUT2D eigenvalue weighted by atomic mass is 10.3. The Morgan fingerprint density at radius 1 is 1.50 bits per heavy atom. The highest BCUT2D eigenvalue weighted by atomic mass is 16.5. The Bertz CT molecular complexity index is 533. The molecule has 5 heteroatoms. The quantitative estimate of drug-likeness (QED) is 0.718. The Morgan fingerprint density at radius 2 is 2.29 bits per heavy atom. The number of pyridine rings is 1. The fourth-order valence-electron chi connectivity index (χ4n) is 1.33. The molecule has 0 bridgehead atoms. The first kappa shape index (κ1) is 8.68. The van der Waals surface area contributed by atoms with Gasteiger partial charge in [0.15, 0.2) is 0 Å². The van der Waals surface area contributed by atoms with Crippen LogP contribution < -0.4 is 10.3 Å². The van der Waals surface area contributed by atoms with Crippen molar-refractivity contribution in [1.82, 2.24) is 15.0 Å². The highest BCUT2D eigenvalue weighted by Gasteiger charge is 2.07. The minimum atomic E-state index is -0.225. The number of nitrogens with zero attached hydrogens (tertiary/aromatic N) is 2. The second-order valence-electron chi connectivity index (χ2n) is 2.87. The van der Waals surface area contributed by atoms with Crippen LogP contribution in [0.4, 0.5) is 0 Å². The van der Waals surface area contributed by atoms with Crippen molar-refractivity contribution < 1.29 is 4.74 Å². The molecule has 5 nitrogen and oxygen atoms in total. The predicted octanol–water partition coefficient (Wildman–Crippen LogP) is 0.635. The summed E-state index contributed by atoms with van der Waals surface area (Å²) in [7, 11) is 1.47. The van der Waals surface area contributed by atoms with Crippen LogP contribution >= 0.6 is 0 Å². The molecule has 2 aromatic heterocycles. The van der Waals surface area contributed by atoms with Crippen LogP contribution in [0.3, 0.4) is 0 Å². The number of hydrogen-bond acceptors (Lipinski definition) is 4. The lowest BCUT2D eigenvalue weighted by molar-refractivity contribution is 0.403. The monoisotopic (exact) mass is 191 g/mol. The van der Waals surface area contributed by atoms with Crippen molar-refractivity contribution in [1.29, 1.82) is 0 Å². The number of hydrogen-bond donors (Lipinski definition) is 1. The predicted molar refractivity (Wildman–Crippen MR) is 51.4 cm³/mol. The third-order valence-electron chi connectivity index (χ3n) is 1.90. The molecule has 0 spiro atoms. The van der Waals surface area contributed by atoms with E-state index in [1.54, 1.807) is 19.2 Å². The molecule has 0 fully saturated rings. The number of H-pyrrole nitrogens is 1. The number of aromatic nitrogens is 3. The molecule has 0 aliphatic carbocycles. The molecule has 0 saturated carbocycles. The van der Waals surface area contributed by atoms with Gasteiger partial charge in [-0.15, -0.1) is 0 Å². The van der Waals surface area contributed by atoms with E-state index >= 15 is 0 Å². The normalized spacial score (nSPS) is 10.4. The number of nitrogens with one attached hydrogen (secondary N) is 1. The average molecular weight is 191 g/mol. The van der Waals surface area contributed by atoms with Crippen molar-refractivity contribution in [2.24, 2.45) is 0 Å². The van der Waals surface area contributed by atoms with E-state index in [4.69, 9.17) is 4.74 Å². The van der Waals surface area contributed by atoms with Crippen LogP contribution in [0.1, 0.15) is 5.82 Å². The van der Waals surface area contributed by atoms with Gasteiger partial charge < -0.3 is 9.72 Å². The highest BCUT2D eigenvalue weighted by molar-refractivity contribution is 5.82. The summed E-state index contributed by atoms with van der Waals surface area (Å²) in [5.41, 5.74) is 0.371. The maximum absolute atomic E-state index is 11.6. The fraction of sp³-hybridized carbons (Fsp3) is 0.222. The van der Waals surface area contributed by atoms with Gasteiger partial charge in [0, 0.05) is 6.20 Å². The second kappa shape index (κ2) is 3.10. The van der Waals surface area contributed by atoms with Crippen LogP contribution in [-0.4, -0.2) is 22.1 Å². The molecule has 0 radical (unpaired) electrons. The van der Waals surface area contributed by atoms with Crippen LogP contribution in [-0.2, 0) is 0 Å². The van der Waals surface area contributed by atoms with Crippen molar-refractivity contribution >= 4 is 10.9 Å². The number of ether oxygens (including phenoxy) is 1. The van der Waals surface area contributed by atoms with E-state index < -0.39 is 0 Å². The minimum absolute atomic E-state index is 0.225. The van der Waals surface area contributed by atoms with E-state index in [2.05, 4.69) is 15.0 Å². The number of rotatable bonds is 1. The minimum Gasteiger partial charge on any atom is -0.480 e. The third-order valence-corrected chi connectivity index (χ3v) is 1.90. The first-order valence-electron chi connectivity index (χ1n) is 4.12. The molecule has 2 aromatic rings. The van der Waals surface area contributed by atoms with Gasteiger partial charge in [-0.25, -0.2) is 9.97 Å². The lowest BCUT2D eigenvalue weighted by Gasteiger charge is -2.02. The molecule has 14 heavy (non-hydrogen) atoms. The highest BCUT2D eigenvalue weighted by Crippen LogP contribution is 2.16. The number of aryl methyl sites for hydroxylation is 1. The van der Waals surface area contributed by atoms with Gasteiger partial charge in [0.25, 0.3) is 5.56 Å². The number of aromatic amines is 1. The summed E-state index contributed by atoms with van der Waals surface area (Å²) in [5, 5.41) is 0.389. The summed E-state index contributed by atoms with van der Waals surface area (Å²) < 4.78 is 4.98. The number of fused-ring (bicyclic) bond motifs is 1. The van der Waals surface area contributed by atoms with Gasteiger partial charge in [-0.05, 0) is 13.0 Å². The summed E-state index contributed by atoms with van der Waals surface area (Å²) in [4.78, 5) is 22.3. The van der Waals surface area contributed by atoms with Crippen LogP contribution in [0.5, 0.6) is 5.88 Å². The average Bonchev–Trinajstić information content (AvgIpc) is 2.16. The van der Waals surface area contributed by atoms with Crippen molar-refractivity contribution in [3.8, 4) is 5.88 Å². The van der Waals surface area contributed by atoms with Gasteiger partial charge in [-0.3, -0.25) is 4.79 Å². The van der Waals surface area contributed by atoms with Gasteiger partial charge in [0.2, 0.25) is 5.88 Å². The van der Waals surface area contributed by atoms with E-state index in [1.165, 1.54) is 7.11 Å². The Balaban J connectivity index is 2.94. The number of methoxy groups -OCH3 is 1. The summed E-state index contributed by atoms with van der Waals surface area (Å²) in [5.74, 6) is 0.881. The molecule has 2 rings (SSSR count). The zero-order valence-electron chi connectivity index (χ0n) is 7.87. The van der Waals surface area contributed by atoms with Gasteiger partial charge >= 0.3 is 0 Å². The molecule has 0 aromatic carbocycles. The Morgan fingerprint density at radius 3 is 3.00 bits per heavy atom. The molecule has 0 aliphatic rings. The van der Waals surface area contributed by atoms with Crippen molar-refractivity contribution in [2.75, 3.05) is 7.11 Å². The van der Waals surface area contributed by atoms with E-state index in [1.807, 2.05) is 0 Å². The van der Waals surface area contributed by atoms with Crippen molar-refractivity contribution in [3.05, 3.63) is 28.4 Å². The van der Waals surface area contributed by atoms with Crippen LogP contribution in [0.15, 0.2) is 17.1 Å². The summed E-state index contributed by atoms with van der Waals surface area (Å²) in [6, 6.07) is 1.68. The SMILES string of the molecule is COc1nccc2nc(C)[nH]c(=O)c12. The molecule has 0 saturated heterocycles. The molecule has 1 N–H and O–H groups in total. The first-order valence-corrected chi connectivity index (χ1v) is 4.12. The molecule has 0 unspecified atom stereocenters. The Labute approximate surface area is 79.8 Å². The molecular formula is C9H9N3O2. The lowest BCUT2D eigenvalue weighted by Crippen LogP contribution is -2.11. The molecule has 72 valence electrons. The third kappa shape index (κ3) is 1.22. The fourth-order valence-corrected chi connectivity index (χ4v) is 1.33. The zero-order chi connectivity index (χ0) is 10.1. The maximum Gasteiger partial charge on any atom is 0.264 e. The van der Waals surface area contributed by atoms with Crippen molar-refractivity contribution in [2.45, 2.75) is 6.92 Å². The van der Waals surface area contributed by atoms with Gasteiger partial charge in [0.05, 0.1) is 12.6 Å². The Hall–Kier alpha value is -1.91.